The van der Waals surface area contributed by atoms with Crippen LogP contribution < -0.4 is 0 Å². The number of carbonyl (C=O) groups is 1. The Hall–Kier alpha value is -2.14. The molecular formula is C14H12N2O2S. The molecule has 0 amide bonds. The monoisotopic (exact) mass is 272 g/mol. The van der Waals surface area contributed by atoms with Gasteiger partial charge in [0.25, 0.3) is 0 Å². The number of aromatic nitrogens is 2. The minimum Gasteiger partial charge on any atom is -0.465 e. The quantitative estimate of drug-likeness (QED) is 0.727. The fourth-order valence-corrected chi connectivity index (χ4v) is 2.90. The molecule has 1 aromatic carbocycles. The molecule has 4 nitrogen and oxygen atoms in total. The van der Waals surface area contributed by atoms with E-state index in [2.05, 4.69) is 16.0 Å². The molecule has 0 atom stereocenters. The number of carbonyl (C=O) groups excluding carboxylic acids is 1. The normalized spacial score (nSPS) is 10.8. The number of benzene rings is 1. The second-order valence-corrected chi connectivity index (χ2v) is 5.13. The van der Waals surface area contributed by atoms with E-state index >= 15 is 0 Å². The van der Waals surface area contributed by atoms with E-state index in [9.17, 15) is 4.79 Å². The number of aromatic amines is 1. The highest BCUT2D eigenvalue weighted by Gasteiger charge is 2.15. The van der Waals surface area contributed by atoms with E-state index in [1.165, 1.54) is 12.7 Å². The number of hydrogen-bond donors (Lipinski definition) is 1. The third-order valence-electron chi connectivity index (χ3n) is 3.00. The Morgan fingerprint density at radius 3 is 2.89 bits per heavy atom. The van der Waals surface area contributed by atoms with Crippen LogP contribution in [0.15, 0.2) is 29.6 Å². The van der Waals surface area contributed by atoms with Gasteiger partial charge in [-0.05, 0) is 36.1 Å². The molecule has 2 heterocycles. The Morgan fingerprint density at radius 1 is 1.37 bits per heavy atom. The number of rotatable bonds is 2. The van der Waals surface area contributed by atoms with E-state index in [0.717, 1.165) is 16.2 Å². The van der Waals surface area contributed by atoms with E-state index in [1.807, 2.05) is 24.4 Å². The zero-order valence-electron chi connectivity index (χ0n) is 10.6. The van der Waals surface area contributed by atoms with Crippen molar-refractivity contribution >= 4 is 28.3 Å². The van der Waals surface area contributed by atoms with Crippen molar-refractivity contribution in [2.24, 2.45) is 0 Å². The summed E-state index contributed by atoms with van der Waals surface area (Å²) < 4.78 is 4.78. The topological polar surface area (TPSA) is 55.0 Å². The van der Waals surface area contributed by atoms with Gasteiger partial charge in [0.1, 0.15) is 11.3 Å². The van der Waals surface area contributed by atoms with Crippen LogP contribution in [0.4, 0.5) is 0 Å². The number of methoxy groups -OCH3 is 1. The van der Waals surface area contributed by atoms with Crippen molar-refractivity contribution in [1.82, 2.24) is 9.97 Å². The second kappa shape index (κ2) is 4.51. The Kier molecular flexibility index (Phi) is 2.83. The second-order valence-electron chi connectivity index (χ2n) is 4.21. The Balaban J connectivity index is 2.21. The fraction of sp³-hybridized carbons (Fsp3) is 0.143. The lowest BCUT2D eigenvalue weighted by atomic mass is 10.2. The van der Waals surface area contributed by atoms with E-state index in [1.54, 1.807) is 17.4 Å². The number of imidazole rings is 1. The standard InChI is InChI=1S/C14H12N2O2S/c1-8-6-7-19-12(8)13-15-10-5-3-4-9(11(10)16-13)14(17)18-2/h3-7H,1-2H3,(H,15,16). The molecule has 3 aromatic rings. The van der Waals surface area contributed by atoms with Gasteiger partial charge in [0.15, 0.2) is 0 Å². The first kappa shape index (κ1) is 11.9. The number of ether oxygens (including phenoxy) is 1. The van der Waals surface area contributed by atoms with E-state index in [-0.39, 0.29) is 5.97 Å². The molecule has 0 aliphatic rings. The van der Waals surface area contributed by atoms with E-state index in [4.69, 9.17) is 4.74 Å². The van der Waals surface area contributed by atoms with Crippen LogP contribution in [0, 0.1) is 6.92 Å². The molecule has 0 unspecified atom stereocenters. The lowest BCUT2D eigenvalue weighted by Gasteiger charge is -1.98. The zero-order chi connectivity index (χ0) is 13.4. The Labute approximate surface area is 114 Å². The van der Waals surface area contributed by atoms with Gasteiger partial charge in [-0.2, -0.15) is 0 Å². The molecule has 0 spiro atoms. The third kappa shape index (κ3) is 1.92. The molecule has 3 rings (SSSR count). The van der Waals surface area contributed by atoms with Gasteiger partial charge in [-0.3, -0.25) is 0 Å². The van der Waals surface area contributed by atoms with Crippen LogP contribution >= 0.6 is 11.3 Å². The van der Waals surface area contributed by atoms with Crippen molar-refractivity contribution in [3.63, 3.8) is 0 Å². The molecule has 0 radical (unpaired) electrons. The number of esters is 1. The first-order valence-corrected chi connectivity index (χ1v) is 6.70. The molecule has 0 aliphatic carbocycles. The highest BCUT2D eigenvalue weighted by atomic mass is 32.1. The first-order chi connectivity index (χ1) is 9.20. The van der Waals surface area contributed by atoms with Gasteiger partial charge >= 0.3 is 5.97 Å². The number of nitrogens with one attached hydrogen (secondary N) is 1. The summed E-state index contributed by atoms with van der Waals surface area (Å²) >= 11 is 1.63. The predicted molar refractivity (Wildman–Crippen MR) is 75.5 cm³/mol. The van der Waals surface area contributed by atoms with Crippen LogP contribution in [0.5, 0.6) is 0 Å². The molecule has 5 heteroatoms. The predicted octanol–water partition coefficient (Wildman–Crippen LogP) is 3.39. The molecule has 0 saturated carbocycles. The van der Waals surface area contributed by atoms with Crippen LogP contribution in [-0.2, 0) is 4.74 Å². The summed E-state index contributed by atoms with van der Waals surface area (Å²) in [5.41, 5.74) is 3.14. The van der Waals surface area contributed by atoms with Crippen molar-refractivity contribution in [3.05, 3.63) is 40.8 Å². The number of nitrogens with zero attached hydrogens (tertiary/aromatic N) is 1. The molecule has 0 fully saturated rings. The SMILES string of the molecule is COC(=O)c1cccc2[nH]c(-c3sccc3C)nc12. The van der Waals surface area contributed by atoms with Gasteiger partial charge in [0.05, 0.1) is 23.1 Å². The first-order valence-electron chi connectivity index (χ1n) is 5.82. The molecular weight excluding hydrogens is 260 g/mol. The van der Waals surface area contributed by atoms with Crippen LogP contribution in [0.25, 0.3) is 21.7 Å². The zero-order valence-corrected chi connectivity index (χ0v) is 11.4. The summed E-state index contributed by atoms with van der Waals surface area (Å²) in [6.07, 6.45) is 0. The highest BCUT2D eigenvalue weighted by Crippen LogP contribution is 2.29. The average molecular weight is 272 g/mol. The molecule has 19 heavy (non-hydrogen) atoms. The van der Waals surface area contributed by atoms with Gasteiger partial charge in [-0.1, -0.05) is 6.07 Å². The summed E-state index contributed by atoms with van der Waals surface area (Å²) in [6, 6.07) is 7.49. The smallest absolute Gasteiger partial charge is 0.340 e. The fourth-order valence-electron chi connectivity index (χ4n) is 2.03. The molecule has 0 aliphatic heterocycles. The van der Waals surface area contributed by atoms with Crippen molar-refractivity contribution in [3.8, 4) is 10.7 Å². The molecule has 1 N–H and O–H groups in total. The third-order valence-corrected chi connectivity index (χ3v) is 4.02. The number of hydrogen-bond acceptors (Lipinski definition) is 4. The van der Waals surface area contributed by atoms with Gasteiger partial charge in [0.2, 0.25) is 0 Å². The van der Waals surface area contributed by atoms with Gasteiger partial charge < -0.3 is 9.72 Å². The molecule has 0 bridgehead atoms. The van der Waals surface area contributed by atoms with Crippen molar-refractivity contribution in [1.29, 1.82) is 0 Å². The van der Waals surface area contributed by atoms with Crippen LogP contribution in [0.1, 0.15) is 15.9 Å². The maximum absolute atomic E-state index is 11.7. The van der Waals surface area contributed by atoms with Gasteiger partial charge in [0, 0.05) is 0 Å². The number of para-hydroxylation sites is 1. The lowest BCUT2D eigenvalue weighted by molar-refractivity contribution is 0.0603. The number of H-pyrrole nitrogens is 1. The lowest BCUT2D eigenvalue weighted by Crippen LogP contribution is -2.01. The molecule has 0 saturated heterocycles. The van der Waals surface area contributed by atoms with Crippen LogP contribution in [-0.4, -0.2) is 23.0 Å². The molecule has 96 valence electrons. The minimum absolute atomic E-state index is 0.369. The van der Waals surface area contributed by atoms with E-state index in [0.29, 0.717) is 11.1 Å². The van der Waals surface area contributed by atoms with Crippen LogP contribution in [0.3, 0.4) is 0 Å². The van der Waals surface area contributed by atoms with E-state index < -0.39 is 0 Å². The van der Waals surface area contributed by atoms with Crippen molar-refractivity contribution in [2.45, 2.75) is 6.92 Å². The van der Waals surface area contributed by atoms with Crippen molar-refractivity contribution < 1.29 is 9.53 Å². The van der Waals surface area contributed by atoms with Gasteiger partial charge in [-0.15, -0.1) is 11.3 Å². The summed E-state index contributed by atoms with van der Waals surface area (Å²) in [5, 5.41) is 2.03. The minimum atomic E-state index is -0.369. The largest absolute Gasteiger partial charge is 0.465 e. The maximum Gasteiger partial charge on any atom is 0.340 e. The highest BCUT2D eigenvalue weighted by molar-refractivity contribution is 7.13. The Morgan fingerprint density at radius 2 is 2.21 bits per heavy atom. The maximum atomic E-state index is 11.7. The Bertz CT molecular complexity index is 758. The van der Waals surface area contributed by atoms with Crippen molar-refractivity contribution in [2.75, 3.05) is 7.11 Å². The summed E-state index contributed by atoms with van der Waals surface area (Å²) in [5.74, 6) is 0.422. The summed E-state index contributed by atoms with van der Waals surface area (Å²) in [7, 11) is 1.37. The average Bonchev–Trinajstić information content (AvgIpc) is 3.02. The number of thiophene rings is 1. The van der Waals surface area contributed by atoms with Crippen LogP contribution in [0.2, 0.25) is 0 Å². The summed E-state index contributed by atoms with van der Waals surface area (Å²) in [4.78, 5) is 20.6. The summed E-state index contributed by atoms with van der Waals surface area (Å²) in [6.45, 7) is 2.04. The van der Waals surface area contributed by atoms with Gasteiger partial charge in [-0.25, -0.2) is 9.78 Å². The number of aryl methyl sites for hydroxylation is 1. The number of fused-ring (bicyclic) bond motifs is 1. The molecule has 2 aromatic heterocycles.